The fourth-order valence-corrected chi connectivity index (χ4v) is 2.34. The Morgan fingerprint density at radius 1 is 1.04 bits per heavy atom. The zero-order chi connectivity index (χ0) is 17.2. The Morgan fingerprint density at radius 2 is 1.84 bits per heavy atom. The summed E-state index contributed by atoms with van der Waals surface area (Å²) in [5.74, 6) is 0.453. The minimum atomic E-state index is -0.418. The maximum Gasteiger partial charge on any atom is 0.250 e. The summed E-state index contributed by atoms with van der Waals surface area (Å²) in [4.78, 5) is 5.49. The molecule has 0 fully saturated rings. The quantitative estimate of drug-likeness (QED) is 0.558. The number of aromatic nitrogens is 6. The molecule has 7 nitrogen and oxygen atoms in total. The number of tetrazole rings is 1. The van der Waals surface area contributed by atoms with E-state index in [1.54, 1.807) is 42.5 Å². The molecule has 0 atom stereocenters. The summed E-state index contributed by atoms with van der Waals surface area (Å²) in [7, 11) is 0. The van der Waals surface area contributed by atoms with Crippen LogP contribution in [0.3, 0.4) is 0 Å². The van der Waals surface area contributed by atoms with Crippen LogP contribution < -0.4 is 0 Å². The molecule has 0 N–H and O–H groups in total. The van der Waals surface area contributed by atoms with Crippen molar-refractivity contribution in [3.05, 3.63) is 65.3 Å². The molecular formula is C16H10ClFN6O. The van der Waals surface area contributed by atoms with Gasteiger partial charge in [0.05, 0.1) is 5.56 Å². The van der Waals surface area contributed by atoms with Gasteiger partial charge >= 0.3 is 0 Å². The zero-order valence-electron chi connectivity index (χ0n) is 12.7. The number of rotatable bonds is 4. The fourth-order valence-electron chi connectivity index (χ4n) is 2.22. The fraction of sp³-hybridized carbons (Fsp3) is 0.0625. The molecule has 0 bridgehead atoms. The minimum Gasteiger partial charge on any atom is -0.337 e. The molecule has 4 rings (SSSR count). The lowest BCUT2D eigenvalue weighted by molar-refractivity contribution is 0.356. The molecule has 2 aromatic heterocycles. The second-order valence-electron chi connectivity index (χ2n) is 5.14. The van der Waals surface area contributed by atoms with Gasteiger partial charge in [-0.15, -0.1) is 10.2 Å². The first kappa shape index (κ1) is 15.4. The molecule has 0 aliphatic carbocycles. The van der Waals surface area contributed by atoms with E-state index >= 15 is 0 Å². The maximum atomic E-state index is 13.8. The lowest BCUT2D eigenvalue weighted by Crippen LogP contribution is -2.04. The van der Waals surface area contributed by atoms with Crippen molar-refractivity contribution in [1.82, 2.24) is 30.3 Å². The van der Waals surface area contributed by atoms with Crippen LogP contribution in [0, 0.1) is 5.82 Å². The Morgan fingerprint density at radius 3 is 2.64 bits per heavy atom. The number of nitrogens with zero attached hydrogens (tertiary/aromatic N) is 6. The first-order chi connectivity index (χ1) is 12.2. The van der Waals surface area contributed by atoms with Crippen molar-refractivity contribution in [1.29, 1.82) is 0 Å². The first-order valence-electron chi connectivity index (χ1n) is 7.30. The Bertz CT molecular complexity index is 1010. The highest BCUT2D eigenvalue weighted by Gasteiger charge is 2.14. The molecule has 2 heterocycles. The number of benzene rings is 2. The minimum absolute atomic E-state index is 0.127. The van der Waals surface area contributed by atoms with Crippen molar-refractivity contribution in [3.63, 3.8) is 0 Å². The molecule has 0 spiro atoms. The molecule has 0 aliphatic rings. The van der Waals surface area contributed by atoms with Gasteiger partial charge in [0.15, 0.2) is 0 Å². The summed E-state index contributed by atoms with van der Waals surface area (Å²) in [5.41, 5.74) is 1.05. The van der Waals surface area contributed by atoms with E-state index in [0.29, 0.717) is 10.8 Å². The highest BCUT2D eigenvalue weighted by atomic mass is 35.5. The summed E-state index contributed by atoms with van der Waals surface area (Å²) < 4.78 is 18.9. The van der Waals surface area contributed by atoms with Gasteiger partial charge in [-0.1, -0.05) is 28.9 Å². The molecule has 124 valence electrons. The Balaban J connectivity index is 1.54. The van der Waals surface area contributed by atoms with E-state index in [9.17, 15) is 4.39 Å². The van der Waals surface area contributed by atoms with Crippen LogP contribution in [-0.4, -0.2) is 30.3 Å². The maximum absolute atomic E-state index is 13.8. The van der Waals surface area contributed by atoms with E-state index in [1.807, 2.05) is 0 Å². The van der Waals surface area contributed by atoms with E-state index in [1.165, 1.54) is 10.9 Å². The van der Waals surface area contributed by atoms with E-state index in [2.05, 4.69) is 25.6 Å². The average Bonchev–Trinajstić information content (AvgIpc) is 3.26. The summed E-state index contributed by atoms with van der Waals surface area (Å²) in [6.45, 7) is 0.127. The number of hydrogen-bond acceptors (Lipinski definition) is 6. The lowest BCUT2D eigenvalue weighted by atomic mass is 10.2. The molecule has 2 aromatic carbocycles. The van der Waals surface area contributed by atoms with Crippen LogP contribution in [0.5, 0.6) is 0 Å². The van der Waals surface area contributed by atoms with Gasteiger partial charge in [-0.3, -0.25) is 0 Å². The van der Waals surface area contributed by atoms with Gasteiger partial charge in [-0.2, -0.15) is 9.78 Å². The first-order valence-corrected chi connectivity index (χ1v) is 7.68. The van der Waals surface area contributed by atoms with Crippen molar-refractivity contribution in [2.45, 2.75) is 6.54 Å². The Kier molecular flexibility index (Phi) is 3.95. The van der Waals surface area contributed by atoms with Gasteiger partial charge in [-0.25, -0.2) is 4.39 Å². The molecular weight excluding hydrogens is 347 g/mol. The van der Waals surface area contributed by atoms with E-state index in [-0.39, 0.29) is 23.8 Å². The predicted molar refractivity (Wildman–Crippen MR) is 87.1 cm³/mol. The average molecular weight is 357 g/mol. The standard InChI is InChI=1S/C16H10ClFN6O/c17-11-7-5-10(6-8-11)15-20-23-24(21-15)9-14-19-16(22-25-14)12-3-1-2-4-13(12)18/h1-8H,9H2. The molecule has 0 unspecified atom stereocenters. The van der Waals surface area contributed by atoms with Gasteiger partial charge in [0, 0.05) is 10.6 Å². The molecule has 25 heavy (non-hydrogen) atoms. The van der Waals surface area contributed by atoms with Crippen molar-refractivity contribution in [3.8, 4) is 22.8 Å². The molecule has 0 saturated heterocycles. The van der Waals surface area contributed by atoms with E-state index in [4.69, 9.17) is 16.1 Å². The summed E-state index contributed by atoms with van der Waals surface area (Å²) >= 11 is 5.86. The third kappa shape index (κ3) is 3.24. The van der Waals surface area contributed by atoms with Crippen LogP contribution in [-0.2, 0) is 6.54 Å². The van der Waals surface area contributed by atoms with E-state index in [0.717, 1.165) is 5.56 Å². The van der Waals surface area contributed by atoms with Crippen LogP contribution in [0.1, 0.15) is 5.89 Å². The van der Waals surface area contributed by atoms with Gasteiger partial charge < -0.3 is 4.52 Å². The third-order valence-corrected chi connectivity index (χ3v) is 3.67. The zero-order valence-corrected chi connectivity index (χ0v) is 13.4. The summed E-state index contributed by atoms with van der Waals surface area (Å²) in [6, 6.07) is 13.3. The number of hydrogen-bond donors (Lipinski definition) is 0. The van der Waals surface area contributed by atoms with E-state index < -0.39 is 5.82 Å². The Labute approximate surface area is 146 Å². The van der Waals surface area contributed by atoms with Crippen LogP contribution in [0.2, 0.25) is 5.02 Å². The molecule has 0 saturated carbocycles. The van der Waals surface area contributed by atoms with Crippen LogP contribution >= 0.6 is 11.6 Å². The van der Waals surface area contributed by atoms with Gasteiger partial charge in [0.25, 0.3) is 5.89 Å². The van der Waals surface area contributed by atoms with Gasteiger partial charge in [-0.05, 0) is 41.6 Å². The lowest BCUT2D eigenvalue weighted by Gasteiger charge is -1.95. The topological polar surface area (TPSA) is 82.5 Å². The highest BCUT2D eigenvalue weighted by molar-refractivity contribution is 6.30. The molecule has 4 aromatic rings. The van der Waals surface area contributed by atoms with Crippen LogP contribution in [0.15, 0.2) is 53.1 Å². The van der Waals surface area contributed by atoms with Crippen molar-refractivity contribution in [2.75, 3.05) is 0 Å². The molecule has 0 amide bonds. The second-order valence-corrected chi connectivity index (χ2v) is 5.58. The van der Waals surface area contributed by atoms with Crippen LogP contribution in [0.25, 0.3) is 22.8 Å². The van der Waals surface area contributed by atoms with Crippen molar-refractivity contribution >= 4 is 11.6 Å². The molecule has 9 heteroatoms. The molecule has 0 radical (unpaired) electrons. The van der Waals surface area contributed by atoms with Crippen LogP contribution in [0.4, 0.5) is 4.39 Å². The largest absolute Gasteiger partial charge is 0.337 e. The van der Waals surface area contributed by atoms with Gasteiger partial charge in [0.2, 0.25) is 11.6 Å². The van der Waals surface area contributed by atoms with Gasteiger partial charge in [0.1, 0.15) is 12.4 Å². The SMILES string of the molecule is Fc1ccccc1-c1noc(Cn2nnc(-c3ccc(Cl)cc3)n2)n1. The Hall–Kier alpha value is -3.13. The monoisotopic (exact) mass is 356 g/mol. The van der Waals surface area contributed by atoms with Crippen molar-refractivity contribution in [2.24, 2.45) is 0 Å². The predicted octanol–water partition coefficient (Wildman–Crippen LogP) is 3.23. The number of halogens is 2. The second kappa shape index (κ2) is 6.40. The smallest absolute Gasteiger partial charge is 0.250 e. The molecule has 0 aliphatic heterocycles. The third-order valence-electron chi connectivity index (χ3n) is 3.41. The normalized spacial score (nSPS) is 11.0. The summed E-state index contributed by atoms with van der Waals surface area (Å²) in [6.07, 6.45) is 0. The highest BCUT2D eigenvalue weighted by Crippen LogP contribution is 2.20. The van der Waals surface area contributed by atoms with Crippen molar-refractivity contribution < 1.29 is 8.91 Å². The summed E-state index contributed by atoms with van der Waals surface area (Å²) in [5, 5.41) is 16.6.